The van der Waals surface area contributed by atoms with Crippen LogP contribution in [0.25, 0.3) is 0 Å². The van der Waals surface area contributed by atoms with Gasteiger partial charge in [0.2, 0.25) is 0 Å². The molecular formula is C14H21NS. The maximum absolute atomic E-state index is 5.52. The third kappa shape index (κ3) is 3.37. The molecule has 0 radical (unpaired) electrons. The number of thiophene rings is 1. The highest BCUT2D eigenvalue weighted by Crippen LogP contribution is 2.26. The van der Waals surface area contributed by atoms with E-state index in [0.29, 0.717) is 6.04 Å². The summed E-state index contributed by atoms with van der Waals surface area (Å²) in [5.74, 6) is 2.82. The summed E-state index contributed by atoms with van der Waals surface area (Å²) in [6.07, 6.45) is 7.68. The van der Waals surface area contributed by atoms with E-state index in [1.807, 2.05) is 11.3 Å². The molecule has 0 aliphatic rings. The first-order chi connectivity index (χ1) is 7.58. The van der Waals surface area contributed by atoms with E-state index in [9.17, 15) is 0 Å². The van der Waals surface area contributed by atoms with Crippen molar-refractivity contribution in [2.24, 2.45) is 0 Å². The van der Waals surface area contributed by atoms with E-state index in [4.69, 9.17) is 6.42 Å². The summed E-state index contributed by atoms with van der Waals surface area (Å²) in [7, 11) is 0. The van der Waals surface area contributed by atoms with Crippen LogP contribution in [0.2, 0.25) is 0 Å². The molecule has 0 aliphatic heterocycles. The first-order valence-electron chi connectivity index (χ1n) is 5.87. The van der Waals surface area contributed by atoms with Gasteiger partial charge in [-0.05, 0) is 38.8 Å². The van der Waals surface area contributed by atoms with Crippen molar-refractivity contribution in [3.05, 3.63) is 21.4 Å². The van der Waals surface area contributed by atoms with Crippen molar-refractivity contribution in [3.63, 3.8) is 0 Å². The highest BCUT2D eigenvalue weighted by Gasteiger charge is 2.14. The van der Waals surface area contributed by atoms with Crippen molar-refractivity contribution in [2.75, 3.05) is 0 Å². The Morgan fingerprint density at radius 1 is 1.50 bits per heavy atom. The Morgan fingerprint density at radius 2 is 2.19 bits per heavy atom. The molecule has 1 heterocycles. The van der Waals surface area contributed by atoms with Crippen LogP contribution in [0.15, 0.2) is 6.07 Å². The molecule has 0 aliphatic carbocycles. The molecule has 0 fully saturated rings. The van der Waals surface area contributed by atoms with Crippen molar-refractivity contribution in [2.45, 2.75) is 52.6 Å². The molecule has 1 N–H and O–H groups in total. The molecule has 88 valence electrons. The van der Waals surface area contributed by atoms with Gasteiger partial charge in [-0.3, -0.25) is 5.32 Å². The topological polar surface area (TPSA) is 12.0 Å². The van der Waals surface area contributed by atoms with Crippen LogP contribution in [0, 0.1) is 26.2 Å². The number of aryl methyl sites for hydroxylation is 2. The van der Waals surface area contributed by atoms with Crippen molar-refractivity contribution in [1.29, 1.82) is 0 Å². The lowest BCUT2D eigenvalue weighted by Gasteiger charge is -2.19. The Morgan fingerprint density at radius 3 is 2.62 bits per heavy atom. The van der Waals surface area contributed by atoms with Gasteiger partial charge in [0, 0.05) is 15.8 Å². The van der Waals surface area contributed by atoms with Crippen molar-refractivity contribution < 1.29 is 0 Å². The quantitative estimate of drug-likeness (QED) is 0.765. The third-order valence-electron chi connectivity index (χ3n) is 2.78. The summed E-state index contributed by atoms with van der Waals surface area (Å²) in [6.45, 7) is 8.68. The molecule has 2 heteroatoms. The van der Waals surface area contributed by atoms with E-state index in [-0.39, 0.29) is 6.04 Å². The van der Waals surface area contributed by atoms with Gasteiger partial charge >= 0.3 is 0 Å². The normalized spacial score (nSPS) is 14.4. The molecule has 16 heavy (non-hydrogen) atoms. The Balaban J connectivity index is 2.68. The first kappa shape index (κ1) is 13.3. The summed E-state index contributed by atoms with van der Waals surface area (Å²) in [4.78, 5) is 2.76. The number of terminal acetylenes is 1. The van der Waals surface area contributed by atoms with E-state index in [0.717, 1.165) is 12.8 Å². The smallest absolute Gasteiger partial charge is 0.0691 e. The summed E-state index contributed by atoms with van der Waals surface area (Å²) in [6, 6.07) is 2.80. The van der Waals surface area contributed by atoms with E-state index in [2.05, 4.69) is 45.0 Å². The minimum Gasteiger partial charge on any atom is -0.297 e. The second-order valence-corrected chi connectivity index (χ2v) is 5.73. The van der Waals surface area contributed by atoms with Gasteiger partial charge in [-0.1, -0.05) is 19.3 Å². The van der Waals surface area contributed by atoms with Crippen LogP contribution in [0.1, 0.15) is 48.0 Å². The van der Waals surface area contributed by atoms with Crippen LogP contribution in [0.5, 0.6) is 0 Å². The SMILES string of the molecule is C#CC(CCC)NC(C)c1cc(C)sc1C. The maximum atomic E-state index is 5.52. The van der Waals surface area contributed by atoms with E-state index in [1.165, 1.54) is 15.3 Å². The largest absolute Gasteiger partial charge is 0.297 e. The molecule has 1 aromatic rings. The molecule has 1 rings (SSSR count). The highest BCUT2D eigenvalue weighted by atomic mass is 32.1. The van der Waals surface area contributed by atoms with Gasteiger partial charge in [-0.15, -0.1) is 17.8 Å². The van der Waals surface area contributed by atoms with Gasteiger partial charge in [0.15, 0.2) is 0 Å². The average molecular weight is 235 g/mol. The number of hydrogen-bond donors (Lipinski definition) is 1. The average Bonchev–Trinajstić information content (AvgIpc) is 2.57. The Bertz CT molecular complexity index is 373. The van der Waals surface area contributed by atoms with Gasteiger partial charge in [0.1, 0.15) is 0 Å². The fraction of sp³-hybridized carbons (Fsp3) is 0.571. The summed E-state index contributed by atoms with van der Waals surface area (Å²) >= 11 is 1.85. The van der Waals surface area contributed by atoms with Gasteiger partial charge in [0.05, 0.1) is 6.04 Å². The lowest BCUT2D eigenvalue weighted by Crippen LogP contribution is -2.30. The molecule has 0 spiro atoms. The van der Waals surface area contributed by atoms with E-state index >= 15 is 0 Å². The summed E-state index contributed by atoms with van der Waals surface area (Å²) in [5.41, 5.74) is 1.39. The second-order valence-electron chi connectivity index (χ2n) is 4.26. The van der Waals surface area contributed by atoms with Crippen LogP contribution in [0.3, 0.4) is 0 Å². The fourth-order valence-electron chi connectivity index (χ4n) is 1.98. The van der Waals surface area contributed by atoms with E-state index < -0.39 is 0 Å². The van der Waals surface area contributed by atoms with Gasteiger partial charge < -0.3 is 0 Å². The lowest BCUT2D eigenvalue weighted by molar-refractivity contribution is 0.495. The Kier molecular flexibility index (Phi) is 5.05. The Labute approximate surface area is 103 Å². The van der Waals surface area contributed by atoms with Crippen LogP contribution in [-0.4, -0.2) is 6.04 Å². The van der Waals surface area contributed by atoms with Crippen LogP contribution in [0.4, 0.5) is 0 Å². The van der Waals surface area contributed by atoms with Crippen molar-refractivity contribution in [1.82, 2.24) is 5.32 Å². The molecule has 1 aromatic heterocycles. The highest BCUT2D eigenvalue weighted by molar-refractivity contribution is 7.12. The monoisotopic (exact) mass is 235 g/mol. The molecule has 2 unspecified atom stereocenters. The third-order valence-corrected chi connectivity index (χ3v) is 3.76. The number of rotatable bonds is 5. The molecule has 0 aromatic carbocycles. The molecule has 0 saturated heterocycles. The van der Waals surface area contributed by atoms with Gasteiger partial charge in [0.25, 0.3) is 0 Å². The lowest BCUT2D eigenvalue weighted by atomic mass is 10.1. The molecule has 1 nitrogen and oxygen atoms in total. The summed E-state index contributed by atoms with van der Waals surface area (Å²) in [5, 5.41) is 3.51. The molecule has 2 atom stereocenters. The minimum absolute atomic E-state index is 0.194. The predicted molar refractivity (Wildman–Crippen MR) is 72.9 cm³/mol. The van der Waals surface area contributed by atoms with E-state index in [1.54, 1.807) is 0 Å². The fourth-order valence-corrected chi connectivity index (χ4v) is 3.00. The predicted octanol–water partition coefficient (Wildman–Crippen LogP) is 3.82. The molecule has 0 amide bonds. The number of nitrogens with one attached hydrogen (secondary N) is 1. The first-order valence-corrected chi connectivity index (χ1v) is 6.69. The standard InChI is InChI=1S/C14H21NS/c1-6-8-13(7-2)15-11(4)14-9-10(3)16-12(14)5/h2,9,11,13,15H,6,8H2,1,3-5H3. The Hall–Kier alpha value is -0.780. The zero-order chi connectivity index (χ0) is 12.1. The molecule has 0 bridgehead atoms. The van der Waals surface area contributed by atoms with Crippen LogP contribution in [-0.2, 0) is 0 Å². The minimum atomic E-state index is 0.194. The van der Waals surface area contributed by atoms with Crippen molar-refractivity contribution >= 4 is 11.3 Å². The second kappa shape index (κ2) is 6.08. The zero-order valence-electron chi connectivity index (χ0n) is 10.6. The summed E-state index contributed by atoms with van der Waals surface area (Å²) < 4.78 is 0. The maximum Gasteiger partial charge on any atom is 0.0691 e. The number of hydrogen-bond acceptors (Lipinski definition) is 2. The van der Waals surface area contributed by atoms with Crippen molar-refractivity contribution in [3.8, 4) is 12.3 Å². The van der Waals surface area contributed by atoms with Gasteiger partial charge in [-0.2, -0.15) is 0 Å². The van der Waals surface area contributed by atoms with Gasteiger partial charge in [-0.25, -0.2) is 0 Å². The van der Waals surface area contributed by atoms with Crippen LogP contribution >= 0.6 is 11.3 Å². The zero-order valence-corrected chi connectivity index (χ0v) is 11.4. The van der Waals surface area contributed by atoms with Crippen LogP contribution < -0.4 is 5.32 Å². The molecular weight excluding hydrogens is 214 g/mol. The molecule has 0 saturated carbocycles.